The van der Waals surface area contributed by atoms with Crippen molar-refractivity contribution in [2.45, 2.75) is 13.8 Å². The quantitative estimate of drug-likeness (QED) is 0.452. The topological polar surface area (TPSA) is 107 Å². The van der Waals surface area contributed by atoms with Gasteiger partial charge in [-0.2, -0.15) is 8.42 Å². The molecule has 0 aliphatic rings. The number of rotatable bonds is 5. The Bertz CT molecular complexity index is 448. The maximum absolute atomic E-state index is 10.6. The van der Waals surface area contributed by atoms with Gasteiger partial charge in [-0.25, -0.2) is 9.59 Å². The Hall–Kier alpha value is -1.67. The smallest absolute Gasteiger partial charge is 0.333 e. The van der Waals surface area contributed by atoms with Crippen LogP contribution in [0.4, 0.5) is 0 Å². The molecule has 0 spiro atoms. The van der Waals surface area contributed by atoms with Crippen molar-refractivity contribution >= 4 is 22.1 Å². The Kier molecular flexibility index (Phi) is 9.61. The molecule has 0 aromatic carbocycles. The van der Waals surface area contributed by atoms with Gasteiger partial charge >= 0.3 is 11.9 Å². The molecule has 0 unspecified atom stereocenters. The maximum Gasteiger partial charge on any atom is 0.333 e. The van der Waals surface area contributed by atoms with Crippen LogP contribution >= 0.6 is 0 Å². The summed E-state index contributed by atoms with van der Waals surface area (Å²) in [6.45, 7) is 9.32. The fourth-order valence-corrected chi connectivity index (χ4v) is 0.831. The van der Waals surface area contributed by atoms with Gasteiger partial charge in [0, 0.05) is 11.1 Å². The van der Waals surface area contributed by atoms with Crippen LogP contribution in [0.3, 0.4) is 0 Å². The van der Waals surface area contributed by atoms with E-state index in [0.29, 0.717) is 5.57 Å². The Balaban J connectivity index is 0. The molecule has 0 bridgehead atoms. The molecule has 0 radical (unpaired) electrons. The lowest BCUT2D eigenvalue weighted by atomic mass is 10.4. The zero-order valence-electron chi connectivity index (χ0n) is 11.1. The van der Waals surface area contributed by atoms with Crippen molar-refractivity contribution in [3.8, 4) is 0 Å². The van der Waals surface area contributed by atoms with Gasteiger partial charge in [-0.1, -0.05) is 13.2 Å². The van der Waals surface area contributed by atoms with E-state index in [9.17, 15) is 18.0 Å². The van der Waals surface area contributed by atoms with Crippen LogP contribution in [0, 0.1) is 0 Å². The number of esters is 2. The Labute approximate surface area is 112 Å². The van der Waals surface area contributed by atoms with Crippen LogP contribution in [-0.4, -0.2) is 44.4 Å². The van der Waals surface area contributed by atoms with Crippen molar-refractivity contribution in [1.82, 2.24) is 0 Å². The molecule has 110 valence electrons. The Morgan fingerprint density at radius 2 is 1.53 bits per heavy atom. The lowest BCUT2D eigenvalue weighted by molar-refractivity contribution is -0.138. The number of hydrogen-bond acceptors (Lipinski definition) is 6. The third kappa shape index (κ3) is 14.3. The van der Waals surface area contributed by atoms with E-state index < -0.39 is 21.8 Å². The SMILES string of the molecule is C=C(C)C(=O)OC.C=C(C)C(=O)OCCS(=O)(=O)O. The molecule has 7 nitrogen and oxygen atoms in total. The highest BCUT2D eigenvalue weighted by molar-refractivity contribution is 7.85. The van der Waals surface area contributed by atoms with E-state index in [0.717, 1.165) is 0 Å². The van der Waals surface area contributed by atoms with Crippen LogP contribution in [0.2, 0.25) is 0 Å². The van der Waals surface area contributed by atoms with Crippen LogP contribution in [0.5, 0.6) is 0 Å². The monoisotopic (exact) mass is 294 g/mol. The third-order valence-corrected chi connectivity index (χ3v) is 2.14. The first kappa shape index (κ1) is 19.7. The van der Waals surface area contributed by atoms with Crippen molar-refractivity contribution in [1.29, 1.82) is 0 Å². The molecule has 0 heterocycles. The van der Waals surface area contributed by atoms with Gasteiger partial charge in [-0.3, -0.25) is 4.55 Å². The van der Waals surface area contributed by atoms with Crippen LogP contribution in [0.25, 0.3) is 0 Å². The minimum absolute atomic E-state index is 0.185. The number of carbonyl (C=O) groups excluding carboxylic acids is 2. The minimum Gasteiger partial charge on any atom is -0.466 e. The summed E-state index contributed by atoms with van der Waals surface area (Å²) in [7, 11) is -2.72. The van der Waals surface area contributed by atoms with Crippen molar-refractivity contribution in [2.75, 3.05) is 19.5 Å². The zero-order valence-corrected chi connectivity index (χ0v) is 11.9. The minimum atomic E-state index is -4.05. The highest BCUT2D eigenvalue weighted by Gasteiger charge is 2.07. The molecule has 0 aromatic heterocycles. The molecule has 19 heavy (non-hydrogen) atoms. The molecule has 0 amide bonds. The van der Waals surface area contributed by atoms with E-state index in [1.54, 1.807) is 6.92 Å². The normalized spacial score (nSPS) is 9.68. The van der Waals surface area contributed by atoms with E-state index in [-0.39, 0.29) is 18.1 Å². The highest BCUT2D eigenvalue weighted by atomic mass is 32.2. The van der Waals surface area contributed by atoms with Crippen molar-refractivity contribution in [2.24, 2.45) is 0 Å². The van der Waals surface area contributed by atoms with Crippen molar-refractivity contribution < 1.29 is 32.0 Å². The number of hydrogen-bond donors (Lipinski definition) is 1. The summed E-state index contributed by atoms with van der Waals surface area (Å²) >= 11 is 0. The maximum atomic E-state index is 10.6. The molecule has 0 aliphatic heterocycles. The van der Waals surface area contributed by atoms with E-state index in [1.165, 1.54) is 14.0 Å². The average molecular weight is 294 g/mol. The summed E-state index contributed by atoms with van der Waals surface area (Å²) in [5.41, 5.74) is 0.618. The van der Waals surface area contributed by atoms with Gasteiger partial charge in [-0.15, -0.1) is 0 Å². The summed E-state index contributed by atoms with van der Waals surface area (Å²) in [6, 6.07) is 0. The largest absolute Gasteiger partial charge is 0.466 e. The van der Waals surface area contributed by atoms with E-state index in [1.807, 2.05) is 0 Å². The second-order valence-corrected chi connectivity index (χ2v) is 5.05. The summed E-state index contributed by atoms with van der Waals surface area (Å²) in [6.07, 6.45) is 0. The molecule has 0 fully saturated rings. The van der Waals surface area contributed by atoms with Crippen LogP contribution in [0.15, 0.2) is 24.3 Å². The number of methoxy groups -OCH3 is 1. The molecule has 0 atom stereocenters. The van der Waals surface area contributed by atoms with Gasteiger partial charge in [0.2, 0.25) is 0 Å². The second-order valence-electron chi connectivity index (χ2n) is 3.47. The molecular weight excluding hydrogens is 276 g/mol. The Morgan fingerprint density at radius 3 is 1.74 bits per heavy atom. The van der Waals surface area contributed by atoms with Gasteiger partial charge in [0.25, 0.3) is 10.1 Å². The summed E-state index contributed by atoms with van der Waals surface area (Å²) in [5.74, 6) is -1.61. The molecule has 1 N–H and O–H groups in total. The molecular formula is C11H18O7S. The van der Waals surface area contributed by atoms with Gasteiger partial charge in [0.05, 0.1) is 7.11 Å². The van der Waals surface area contributed by atoms with Gasteiger partial charge in [0.1, 0.15) is 12.4 Å². The second kappa shape index (κ2) is 9.29. The van der Waals surface area contributed by atoms with Gasteiger partial charge < -0.3 is 9.47 Å². The first-order valence-electron chi connectivity index (χ1n) is 5.03. The first-order valence-corrected chi connectivity index (χ1v) is 6.63. The Morgan fingerprint density at radius 1 is 1.11 bits per heavy atom. The van der Waals surface area contributed by atoms with Gasteiger partial charge in [0.15, 0.2) is 0 Å². The molecule has 0 rings (SSSR count). The molecule has 0 saturated heterocycles. The van der Waals surface area contributed by atoms with Crippen molar-refractivity contribution in [3.63, 3.8) is 0 Å². The summed E-state index contributed by atoms with van der Waals surface area (Å²) in [4.78, 5) is 20.8. The van der Waals surface area contributed by atoms with Crippen LogP contribution < -0.4 is 0 Å². The summed E-state index contributed by atoms with van der Waals surface area (Å²) < 4.78 is 37.2. The van der Waals surface area contributed by atoms with Gasteiger partial charge in [-0.05, 0) is 13.8 Å². The molecule has 0 aliphatic carbocycles. The number of carbonyl (C=O) groups is 2. The average Bonchev–Trinajstić information content (AvgIpc) is 2.26. The predicted octanol–water partition coefficient (Wildman–Crippen LogP) is 0.729. The molecule has 0 saturated carbocycles. The fourth-order valence-electron chi connectivity index (χ4n) is 0.537. The lowest BCUT2D eigenvalue weighted by Crippen LogP contribution is -2.14. The van der Waals surface area contributed by atoms with E-state index in [4.69, 9.17) is 4.55 Å². The first-order chi connectivity index (χ1) is 8.51. The number of ether oxygens (including phenoxy) is 2. The van der Waals surface area contributed by atoms with Crippen LogP contribution in [0.1, 0.15) is 13.8 Å². The zero-order chi connectivity index (χ0) is 15.6. The van der Waals surface area contributed by atoms with Crippen molar-refractivity contribution in [3.05, 3.63) is 24.3 Å². The highest BCUT2D eigenvalue weighted by Crippen LogP contribution is 1.92. The predicted molar refractivity (Wildman–Crippen MR) is 69.0 cm³/mol. The molecule has 8 heteroatoms. The standard InChI is InChI=1S/C6H10O5S.C5H8O2/c1-5(2)6(7)11-3-4-12(8,9)10;1-4(2)5(6)7-3/h1,3-4H2,2H3,(H,8,9,10);1H2,2-3H3. The summed E-state index contributed by atoms with van der Waals surface area (Å²) in [5, 5.41) is 0. The molecule has 0 aromatic rings. The van der Waals surface area contributed by atoms with E-state index >= 15 is 0 Å². The van der Waals surface area contributed by atoms with E-state index in [2.05, 4.69) is 22.6 Å². The lowest BCUT2D eigenvalue weighted by Gasteiger charge is -2.01. The fraction of sp³-hybridized carbons (Fsp3) is 0.455. The van der Waals surface area contributed by atoms with Crippen LogP contribution in [-0.2, 0) is 29.2 Å². The third-order valence-electron chi connectivity index (χ3n) is 1.46.